The molecule has 1 heterocycles. The number of piperidine rings is 1. The Morgan fingerprint density at radius 2 is 1.86 bits per heavy atom. The van der Waals surface area contributed by atoms with Crippen molar-refractivity contribution in [3.8, 4) is 0 Å². The van der Waals surface area contributed by atoms with Crippen LogP contribution in [0, 0.1) is 5.92 Å². The van der Waals surface area contributed by atoms with Gasteiger partial charge in [-0.25, -0.2) is 0 Å². The Labute approximate surface area is 129 Å². The topological polar surface area (TPSA) is 47.9 Å². The van der Waals surface area contributed by atoms with E-state index >= 15 is 0 Å². The van der Waals surface area contributed by atoms with Crippen molar-refractivity contribution in [3.63, 3.8) is 0 Å². The van der Waals surface area contributed by atoms with Gasteiger partial charge in [0.25, 0.3) is 0 Å². The van der Waals surface area contributed by atoms with Gasteiger partial charge in [0.1, 0.15) is 0 Å². The van der Waals surface area contributed by atoms with E-state index in [2.05, 4.69) is 29.1 Å². The third kappa shape index (κ3) is 5.94. The number of carbonyl (C=O) groups is 1. The predicted molar refractivity (Wildman–Crippen MR) is 88.5 cm³/mol. The molecule has 0 aromatic carbocycles. The second-order valence-electron chi connectivity index (χ2n) is 5.72. The molecule has 1 amide bonds. The lowest BCUT2D eigenvalue weighted by Gasteiger charge is -2.33. The summed E-state index contributed by atoms with van der Waals surface area (Å²) < 4.78 is 0. The number of nitrogens with one attached hydrogen (secondary N) is 1. The minimum Gasteiger partial charge on any atom is -0.357 e. The third-order valence-electron chi connectivity index (χ3n) is 4.12. The molecule has 0 bridgehead atoms. The van der Waals surface area contributed by atoms with Crippen LogP contribution in [0.25, 0.3) is 0 Å². The molecule has 21 heavy (non-hydrogen) atoms. The van der Waals surface area contributed by atoms with Gasteiger partial charge >= 0.3 is 0 Å². The Kier molecular flexibility index (Phi) is 8.16. The van der Waals surface area contributed by atoms with Crippen LogP contribution >= 0.6 is 0 Å². The van der Waals surface area contributed by atoms with Gasteiger partial charge in [-0.15, -0.1) is 0 Å². The molecule has 0 aliphatic carbocycles. The Balaban J connectivity index is 2.50. The van der Waals surface area contributed by atoms with E-state index < -0.39 is 0 Å². The Hall–Kier alpha value is -1.26. The molecule has 0 aromatic heterocycles. The average Bonchev–Trinajstić information content (AvgIpc) is 2.48. The molecule has 0 atom stereocenters. The number of guanidine groups is 1. The fourth-order valence-electron chi connectivity index (χ4n) is 2.64. The summed E-state index contributed by atoms with van der Waals surface area (Å²) in [6, 6.07) is 0. The monoisotopic (exact) mass is 296 g/mol. The standard InChI is InChI=1S/C16H32N4O/c1-5-17-16(20-12-9-14(4)10-13-20)18-11-8-15(21)19(6-2)7-3/h14H,5-13H2,1-4H3,(H,17,18). The summed E-state index contributed by atoms with van der Waals surface area (Å²) in [6.45, 7) is 13.6. The molecule has 1 aliphatic heterocycles. The van der Waals surface area contributed by atoms with Crippen molar-refractivity contribution in [2.45, 2.75) is 47.0 Å². The SMILES string of the molecule is CCNC(=NCCC(=O)N(CC)CC)N1CCC(C)CC1. The number of rotatable bonds is 6. The molecular formula is C16H32N4O. The van der Waals surface area contributed by atoms with Crippen molar-refractivity contribution in [2.75, 3.05) is 39.3 Å². The molecule has 0 spiro atoms. The van der Waals surface area contributed by atoms with Gasteiger partial charge in [-0.3, -0.25) is 9.79 Å². The fraction of sp³-hybridized carbons (Fsp3) is 0.875. The molecule has 1 fully saturated rings. The number of aliphatic imine (C=N–C) groups is 1. The van der Waals surface area contributed by atoms with Gasteiger partial charge < -0.3 is 15.1 Å². The first-order valence-corrected chi connectivity index (χ1v) is 8.43. The van der Waals surface area contributed by atoms with Gasteiger partial charge in [-0.05, 0) is 39.5 Å². The summed E-state index contributed by atoms with van der Waals surface area (Å²) >= 11 is 0. The van der Waals surface area contributed by atoms with Crippen LogP contribution in [0.4, 0.5) is 0 Å². The highest BCUT2D eigenvalue weighted by molar-refractivity contribution is 5.81. The third-order valence-corrected chi connectivity index (χ3v) is 4.12. The number of hydrogen-bond acceptors (Lipinski definition) is 2. The minimum atomic E-state index is 0.201. The Bertz CT molecular complexity index is 331. The molecule has 1 N–H and O–H groups in total. The lowest BCUT2D eigenvalue weighted by molar-refractivity contribution is -0.130. The van der Waals surface area contributed by atoms with E-state index in [1.165, 1.54) is 12.8 Å². The zero-order valence-corrected chi connectivity index (χ0v) is 14.2. The number of amides is 1. The Morgan fingerprint density at radius 3 is 2.38 bits per heavy atom. The Morgan fingerprint density at radius 1 is 1.24 bits per heavy atom. The molecule has 1 rings (SSSR count). The van der Waals surface area contributed by atoms with E-state index in [-0.39, 0.29) is 5.91 Å². The summed E-state index contributed by atoms with van der Waals surface area (Å²) in [4.78, 5) is 20.8. The lowest BCUT2D eigenvalue weighted by atomic mass is 10.00. The van der Waals surface area contributed by atoms with Crippen molar-refractivity contribution >= 4 is 11.9 Å². The summed E-state index contributed by atoms with van der Waals surface area (Å²) in [6.07, 6.45) is 2.95. The lowest BCUT2D eigenvalue weighted by Crippen LogP contribution is -2.45. The summed E-state index contributed by atoms with van der Waals surface area (Å²) in [5, 5.41) is 3.35. The zero-order valence-electron chi connectivity index (χ0n) is 14.2. The second-order valence-corrected chi connectivity index (χ2v) is 5.72. The van der Waals surface area contributed by atoms with Crippen molar-refractivity contribution in [1.82, 2.24) is 15.1 Å². The van der Waals surface area contributed by atoms with Gasteiger partial charge in [0.15, 0.2) is 5.96 Å². The van der Waals surface area contributed by atoms with Crippen molar-refractivity contribution in [2.24, 2.45) is 10.9 Å². The quantitative estimate of drug-likeness (QED) is 0.602. The summed E-state index contributed by atoms with van der Waals surface area (Å²) in [7, 11) is 0. The smallest absolute Gasteiger partial charge is 0.224 e. The van der Waals surface area contributed by atoms with Crippen LogP contribution in [-0.4, -0.2) is 60.9 Å². The molecule has 1 aliphatic rings. The van der Waals surface area contributed by atoms with E-state index in [0.717, 1.165) is 44.6 Å². The zero-order chi connectivity index (χ0) is 15.7. The van der Waals surface area contributed by atoms with E-state index in [0.29, 0.717) is 13.0 Å². The van der Waals surface area contributed by atoms with E-state index in [1.54, 1.807) is 0 Å². The fourth-order valence-corrected chi connectivity index (χ4v) is 2.64. The van der Waals surface area contributed by atoms with E-state index in [1.807, 2.05) is 18.7 Å². The maximum absolute atomic E-state index is 12.0. The predicted octanol–water partition coefficient (Wildman–Crippen LogP) is 1.94. The molecule has 122 valence electrons. The molecule has 5 nitrogen and oxygen atoms in total. The number of carbonyl (C=O) groups excluding carboxylic acids is 1. The van der Waals surface area contributed by atoms with Gasteiger partial charge in [0.05, 0.1) is 6.54 Å². The van der Waals surface area contributed by atoms with Crippen LogP contribution < -0.4 is 5.32 Å². The van der Waals surface area contributed by atoms with Crippen LogP contribution in [0.1, 0.15) is 47.0 Å². The van der Waals surface area contributed by atoms with Crippen LogP contribution in [0.5, 0.6) is 0 Å². The van der Waals surface area contributed by atoms with Gasteiger partial charge in [0.2, 0.25) is 5.91 Å². The molecule has 0 radical (unpaired) electrons. The van der Waals surface area contributed by atoms with Gasteiger partial charge in [0, 0.05) is 39.1 Å². The van der Waals surface area contributed by atoms with Crippen LogP contribution in [-0.2, 0) is 4.79 Å². The average molecular weight is 296 g/mol. The van der Waals surface area contributed by atoms with Gasteiger partial charge in [-0.2, -0.15) is 0 Å². The first-order chi connectivity index (χ1) is 10.1. The highest BCUT2D eigenvalue weighted by Gasteiger charge is 2.18. The maximum Gasteiger partial charge on any atom is 0.224 e. The largest absolute Gasteiger partial charge is 0.357 e. The molecular weight excluding hydrogens is 264 g/mol. The first-order valence-electron chi connectivity index (χ1n) is 8.43. The summed E-state index contributed by atoms with van der Waals surface area (Å²) in [5.74, 6) is 1.98. The first kappa shape index (κ1) is 17.8. The van der Waals surface area contributed by atoms with Crippen molar-refractivity contribution < 1.29 is 4.79 Å². The van der Waals surface area contributed by atoms with Crippen LogP contribution in [0.15, 0.2) is 4.99 Å². The molecule has 0 aromatic rings. The van der Waals surface area contributed by atoms with Crippen LogP contribution in [0.3, 0.4) is 0 Å². The van der Waals surface area contributed by atoms with Gasteiger partial charge in [-0.1, -0.05) is 6.92 Å². The van der Waals surface area contributed by atoms with Crippen LogP contribution in [0.2, 0.25) is 0 Å². The highest BCUT2D eigenvalue weighted by atomic mass is 16.2. The second kappa shape index (κ2) is 9.64. The van der Waals surface area contributed by atoms with Crippen molar-refractivity contribution in [1.29, 1.82) is 0 Å². The maximum atomic E-state index is 12.0. The molecule has 5 heteroatoms. The number of nitrogens with zero attached hydrogens (tertiary/aromatic N) is 3. The molecule has 1 saturated heterocycles. The minimum absolute atomic E-state index is 0.201. The summed E-state index contributed by atoms with van der Waals surface area (Å²) in [5.41, 5.74) is 0. The van der Waals surface area contributed by atoms with Crippen molar-refractivity contribution in [3.05, 3.63) is 0 Å². The van der Waals surface area contributed by atoms with E-state index in [9.17, 15) is 4.79 Å². The molecule has 0 saturated carbocycles. The normalized spacial score (nSPS) is 17.0. The number of likely N-dealkylation sites (tertiary alicyclic amines) is 1. The highest BCUT2D eigenvalue weighted by Crippen LogP contribution is 2.15. The molecule has 0 unspecified atom stereocenters. The number of hydrogen-bond donors (Lipinski definition) is 1. The van der Waals surface area contributed by atoms with E-state index in [4.69, 9.17) is 0 Å².